The summed E-state index contributed by atoms with van der Waals surface area (Å²) < 4.78 is 5.85. The summed E-state index contributed by atoms with van der Waals surface area (Å²) in [6, 6.07) is 24.0. The van der Waals surface area contributed by atoms with Crippen LogP contribution in [0.2, 0.25) is 0 Å². The molecule has 3 aromatic carbocycles. The summed E-state index contributed by atoms with van der Waals surface area (Å²) in [5, 5.41) is 0. The van der Waals surface area contributed by atoms with Crippen LogP contribution in [0.25, 0.3) is 0 Å². The normalized spacial score (nSPS) is 14.0. The number of carbonyl (C=O) groups is 3. The lowest BCUT2D eigenvalue weighted by atomic mass is 10.0. The van der Waals surface area contributed by atoms with Crippen molar-refractivity contribution in [3.05, 3.63) is 107 Å². The molecular formula is C24H19NO4S. The van der Waals surface area contributed by atoms with Gasteiger partial charge in [0, 0.05) is 5.75 Å². The average molecular weight is 417 g/mol. The molecule has 2 amide bonds. The molecule has 1 heterocycles. The van der Waals surface area contributed by atoms with Gasteiger partial charge in [-0.3, -0.25) is 14.5 Å². The van der Waals surface area contributed by atoms with Gasteiger partial charge in [-0.05, 0) is 23.3 Å². The Labute approximate surface area is 179 Å². The fourth-order valence-electron chi connectivity index (χ4n) is 3.53. The molecule has 0 spiro atoms. The van der Waals surface area contributed by atoms with Crippen molar-refractivity contribution in [2.45, 2.75) is 12.1 Å². The zero-order valence-corrected chi connectivity index (χ0v) is 16.9. The van der Waals surface area contributed by atoms with E-state index in [1.54, 1.807) is 24.3 Å². The second kappa shape index (κ2) is 8.55. The summed E-state index contributed by atoms with van der Waals surface area (Å²) in [4.78, 5) is 39.7. The van der Waals surface area contributed by atoms with Crippen molar-refractivity contribution in [3.8, 4) is 0 Å². The van der Waals surface area contributed by atoms with E-state index in [-0.39, 0.29) is 16.9 Å². The van der Waals surface area contributed by atoms with E-state index in [0.29, 0.717) is 0 Å². The van der Waals surface area contributed by atoms with E-state index in [0.717, 1.165) is 16.0 Å². The maximum absolute atomic E-state index is 13.1. The van der Waals surface area contributed by atoms with Crippen molar-refractivity contribution in [1.82, 2.24) is 4.90 Å². The number of fused-ring (bicyclic) bond motifs is 1. The first-order valence-corrected chi connectivity index (χ1v) is 10.1. The van der Waals surface area contributed by atoms with Gasteiger partial charge in [0.25, 0.3) is 11.8 Å². The quantitative estimate of drug-likeness (QED) is 0.375. The molecule has 3 aromatic rings. The molecule has 1 aliphatic heterocycles. The molecule has 0 bridgehead atoms. The Morgan fingerprint density at radius 2 is 1.20 bits per heavy atom. The standard InChI is InChI=1S/C24H19NO4S/c26-22-18-13-7-8-14-19(18)23(27)25(22)20(15-30)24(28)29-21(16-9-3-1-4-10-16)17-11-5-2-6-12-17/h1-14,20-21,30H,15H2. The lowest BCUT2D eigenvalue weighted by molar-refractivity contribution is -0.151. The van der Waals surface area contributed by atoms with Crippen LogP contribution in [-0.4, -0.2) is 34.5 Å². The Kier molecular flexibility index (Phi) is 5.68. The first-order valence-electron chi connectivity index (χ1n) is 9.50. The van der Waals surface area contributed by atoms with Gasteiger partial charge in [-0.25, -0.2) is 4.79 Å². The SMILES string of the molecule is O=C(OC(c1ccccc1)c1ccccc1)C(CS)N1C(=O)c2ccccc2C1=O. The fourth-order valence-corrected chi connectivity index (χ4v) is 3.84. The highest BCUT2D eigenvalue weighted by molar-refractivity contribution is 7.80. The van der Waals surface area contributed by atoms with Gasteiger partial charge < -0.3 is 4.74 Å². The number of imide groups is 1. The zero-order chi connectivity index (χ0) is 21.1. The fraction of sp³-hybridized carbons (Fsp3) is 0.125. The number of esters is 1. The maximum Gasteiger partial charge on any atom is 0.331 e. The summed E-state index contributed by atoms with van der Waals surface area (Å²) in [7, 11) is 0. The second-order valence-electron chi connectivity index (χ2n) is 6.86. The van der Waals surface area contributed by atoms with Gasteiger partial charge in [0.2, 0.25) is 0 Å². The third-order valence-electron chi connectivity index (χ3n) is 5.02. The molecule has 1 atom stereocenters. The number of ether oxygens (including phenoxy) is 1. The van der Waals surface area contributed by atoms with E-state index in [1.807, 2.05) is 60.7 Å². The topological polar surface area (TPSA) is 63.7 Å². The third kappa shape index (κ3) is 3.62. The van der Waals surface area contributed by atoms with E-state index in [1.165, 1.54) is 0 Å². The molecule has 0 fully saturated rings. The van der Waals surface area contributed by atoms with Gasteiger partial charge >= 0.3 is 5.97 Å². The predicted octanol–water partition coefficient (Wildman–Crippen LogP) is 3.91. The highest BCUT2D eigenvalue weighted by Gasteiger charge is 2.43. The van der Waals surface area contributed by atoms with Gasteiger partial charge in [0.15, 0.2) is 6.10 Å². The number of hydrogen-bond donors (Lipinski definition) is 1. The highest BCUT2D eigenvalue weighted by atomic mass is 32.1. The van der Waals surface area contributed by atoms with Crippen molar-refractivity contribution in [2.75, 3.05) is 5.75 Å². The molecule has 1 unspecified atom stereocenters. The number of rotatable bonds is 6. The van der Waals surface area contributed by atoms with Crippen LogP contribution in [0.1, 0.15) is 37.9 Å². The number of benzene rings is 3. The molecule has 6 heteroatoms. The van der Waals surface area contributed by atoms with Crippen molar-refractivity contribution < 1.29 is 19.1 Å². The van der Waals surface area contributed by atoms with Crippen LogP contribution in [0.5, 0.6) is 0 Å². The Hall–Kier alpha value is -3.38. The molecule has 0 saturated heterocycles. The van der Waals surface area contributed by atoms with Crippen LogP contribution in [0, 0.1) is 0 Å². The number of thiol groups is 1. The van der Waals surface area contributed by atoms with Gasteiger partial charge in [-0.2, -0.15) is 12.6 Å². The van der Waals surface area contributed by atoms with Crippen LogP contribution in [0.15, 0.2) is 84.9 Å². The van der Waals surface area contributed by atoms with Crippen molar-refractivity contribution in [2.24, 2.45) is 0 Å². The molecule has 0 N–H and O–H groups in total. The third-order valence-corrected chi connectivity index (χ3v) is 5.37. The molecule has 4 rings (SSSR count). The largest absolute Gasteiger partial charge is 0.451 e. The van der Waals surface area contributed by atoms with Gasteiger partial charge in [-0.1, -0.05) is 72.8 Å². The molecule has 0 aliphatic carbocycles. The van der Waals surface area contributed by atoms with Crippen LogP contribution >= 0.6 is 12.6 Å². The summed E-state index contributed by atoms with van der Waals surface area (Å²) >= 11 is 4.24. The van der Waals surface area contributed by atoms with Gasteiger partial charge in [0.05, 0.1) is 11.1 Å². The van der Waals surface area contributed by atoms with E-state index in [2.05, 4.69) is 12.6 Å². The lowest BCUT2D eigenvalue weighted by Crippen LogP contribution is -2.47. The molecule has 0 saturated carbocycles. The van der Waals surface area contributed by atoms with Gasteiger partial charge in [0.1, 0.15) is 6.04 Å². The lowest BCUT2D eigenvalue weighted by Gasteiger charge is -2.26. The molecule has 0 radical (unpaired) electrons. The van der Waals surface area contributed by atoms with Crippen LogP contribution < -0.4 is 0 Å². The first-order chi connectivity index (χ1) is 14.6. The first kappa shape index (κ1) is 19.9. The number of amides is 2. The number of nitrogens with zero attached hydrogens (tertiary/aromatic N) is 1. The minimum atomic E-state index is -1.13. The van der Waals surface area contributed by atoms with Crippen LogP contribution in [-0.2, 0) is 9.53 Å². The van der Waals surface area contributed by atoms with E-state index in [9.17, 15) is 14.4 Å². The minimum Gasteiger partial charge on any atom is -0.451 e. The summed E-state index contributed by atoms with van der Waals surface area (Å²) in [5.74, 6) is -1.75. The average Bonchev–Trinajstić information content (AvgIpc) is 3.05. The van der Waals surface area contributed by atoms with Crippen LogP contribution in [0.3, 0.4) is 0 Å². The molecule has 1 aliphatic rings. The van der Waals surface area contributed by atoms with Crippen LogP contribution in [0.4, 0.5) is 0 Å². The van der Waals surface area contributed by atoms with Crippen molar-refractivity contribution >= 4 is 30.4 Å². The van der Waals surface area contributed by atoms with E-state index >= 15 is 0 Å². The number of hydrogen-bond acceptors (Lipinski definition) is 5. The Balaban J connectivity index is 1.64. The predicted molar refractivity (Wildman–Crippen MR) is 115 cm³/mol. The Bertz CT molecular complexity index is 1010. The zero-order valence-electron chi connectivity index (χ0n) is 16.0. The minimum absolute atomic E-state index is 0.0411. The van der Waals surface area contributed by atoms with Gasteiger partial charge in [-0.15, -0.1) is 0 Å². The van der Waals surface area contributed by atoms with E-state index < -0.39 is 29.9 Å². The Morgan fingerprint density at radius 3 is 1.63 bits per heavy atom. The highest BCUT2D eigenvalue weighted by Crippen LogP contribution is 2.29. The molecule has 0 aromatic heterocycles. The van der Waals surface area contributed by atoms with Crippen molar-refractivity contribution in [3.63, 3.8) is 0 Å². The molecule has 150 valence electrons. The molecular weight excluding hydrogens is 398 g/mol. The maximum atomic E-state index is 13.1. The monoisotopic (exact) mass is 417 g/mol. The smallest absolute Gasteiger partial charge is 0.331 e. The van der Waals surface area contributed by atoms with E-state index in [4.69, 9.17) is 4.74 Å². The Morgan fingerprint density at radius 1 is 0.767 bits per heavy atom. The molecule has 30 heavy (non-hydrogen) atoms. The van der Waals surface area contributed by atoms with Crippen molar-refractivity contribution in [1.29, 1.82) is 0 Å². The number of carbonyl (C=O) groups excluding carboxylic acids is 3. The molecule has 5 nitrogen and oxygen atoms in total. The second-order valence-corrected chi connectivity index (χ2v) is 7.23. The summed E-state index contributed by atoms with van der Waals surface area (Å²) in [6.07, 6.45) is -0.669. The summed E-state index contributed by atoms with van der Waals surface area (Å²) in [6.45, 7) is 0. The summed E-state index contributed by atoms with van der Waals surface area (Å²) in [5.41, 5.74) is 2.14.